The van der Waals surface area contributed by atoms with Crippen LogP contribution in [0.3, 0.4) is 0 Å². The molecular weight excluding hydrogens is 433 g/mol. The van der Waals surface area contributed by atoms with Crippen LogP contribution in [0.25, 0.3) is 5.65 Å². The van der Waals surface area contributed by atoms with Crippen LogP contribution in [0.2, 0.25) is 0 Å². The molecule has 0 aromatic carbocycles. The molecule has 2 aliphatic rings. The fourth-order valence-corrected chi connectivity index (χ4v) is 4.82. The number of carbonyl (C=O) groups is 1. The maximum absolute atomic E-state index is 13.1. The lowest BCUT2D eigenvalue weighted by atomic mass is 9.90. The molecule has 2 fully saturated rings. The zero-order valence-corrected chi connectivity index (χ0v) is 18.6. The number of fused-ring (bicyclic) bond motifs is 1. The van der Waals surface area contributed by atoms with Crippen molar-refractivity contribution < 1.29 is 18.0 Å². The molecule has 0 unspecified atom stereocenters. The van der Waals surface area contributed by atoms with Crippen molar-refractivity contribution in [3.05, 3.63) is 47.5 Å². The first-order valence-corrected chi connectivity index (χ1v) is 11.3. The van der Waals surface area contributed by atoms with Crippen molar-refractivity contribution in [3.8, 4) is 0 Å². The van der Waals surface area contributed by atoms with E-state index in [0.29, 0.717) is 17.3 Å². The molecule has 0 radical (unpaired) electrons. The van der Waals surface area contributed by atoms with Gasteiger partial charge in [0, 0.05) is 44.5 Å². The molecule has 5 rings (SSSR count). The Morgan fingerprint density at radius 2 is 1.85 bits per heavy atom. The maximum atomic E-state index is 13.1. The van der Waals surface area contributed by atoms with Crippen molar-refractivity contribution in [1.82, 2.24) is 24.5 Å². The van der Waals surface area contributed by atoms with E-state index in [4.69, 9.17) is 0 Å². The van der Waals surface area contributed by atoms with Gasteiger partial charge in [0.1, 0.15) is 11.5 Å². The van der Waals surface area contributed by atoms with Crippen LogP contribution in [-0.4, -0.2) is 44.2 Å². The first-order chi connectivity index (χ1) is 15.7. The highest BCUT2D eigenvalue weighted by Crippen LogP contribution is 2.40. The van der Waals surface area contributed by atoms with Gasteiger partial charge in [0.25, 0.3) is 5.91 Å². The molecule has 3 aromatic rings. The fourth-order valence-electron chi connectivity index (χ4n) is 4.82. The van der Waals surface area contributed by atoms with Gasteiger partial charge in [-0.25, -0.2) is 4.98 Å². The minimum atomic E-state index is -4.48. The largest absolute Gasteiger partial charge is 0.434 e. The van der Waals surface area contributed by atoms with Gasteiger partial charge in [-0.1, -0.05) is 6.07 Å². The van der Waals surface area contributed by atoms with Gasteiger partial charge in [-0.2, -0.15) is 18.3 Å². The van der Waals surface area contributed by atoms with Crippen LogP contribution in [0.15, 0.2) is 30.6 Å². The molecule has 10 heteroatoms. The average molecular weight is 461 g/mol. The zero-order chi connectivity index (χ0) is 23.3. The van der Waals surface area contributed by atoms with E-state index in [-0.39, 0.29) is 23.6 Å². The summed E-state index contributed by atoms with van der Waals surface area (Å²) in [6, 6.07) is 5.36. The number of rotatable bonds is 5. The summed E-state index contributed by atoms with van der Waals surface area (Å²) in [6.07, 6.45) is 3.84. The number of hydrogen-bond donors (Lipinski definition) is 1. The van der Waals surface area contributed by atoms with Crippen LogP contribution in [0.4, 0.5) is 19.0 Å². The van der Waals surface area contributed by atoms with Gasteiger partial charge in [0.05, 0.1) is 11.3 Å². The van der Waals surface area contributed by atoms with Crippen molar-refractivity contribution in [2.24, 2.45) is 7.05 Å². The monoisotopic (exact) mass is 460 g/mol. The van der Waals surface area contributed by atoms with Crippen LogP contribution >= 0.6 is 0 Å². The average Bonchev–Trinajstić information content (AvgIpc) is 3.39. The summed E-state index contributed by atoms with van der Waals surface area (Å²) in [5, 5.41) is 7.64. The second kappa shape index (κ2) is 8.07. The topological polar surface area (TPSA) is 67.5 Å². The molecule has 176 valence electrons. The third-order valence-electron chi connectivity index (χ3n) is 6.77. The molecule has 1 N–H and O–H groups in total. The Hall–Kier alpha value is -3.04. The summed E-state index contributed by atoms with van der Waals surface area (Å²) in [5.41, 5.74) is 0.952. The van der Waals surface area contributed by atoms with E-state index in [1.54, 1.807) is 23.0 Å². The van der Waals surface area contributed by atoms with Gasteiger partial charge in [-0.05, 0) is 50.7 Å². The summed E-state index contributed by atoms with van der Waals surface area (Å²) in [5.74, 6) is 1.01. The lowest BCUT2D eigenvalue weighted by Gasteiger charge is -2.36. The standard InChI is InChI=1S/C23H27F3N6O/c1-30-12-17(21(29-30)14-6-7-14)22(33)27-15-8-10-16(11-9-15)31(2)20-5-3-4-19-28-18(13-32(19)20)23(24,25)26/h3-5,12-16H,6-11H2,1-2H3,(H,27,33). The highest BCUT2D eigenvalue weighted by Gasteiger charge is 2.35. The van der Waals surface area contributed by atoms with Gasteiger partial charge >= 0.3 is 6.18 Å². The van der Waals surface area contributed by atoms with E-state index >= 15 is 0 Å². The molecular formula is C23H27F3N6O. The first-order valence-electron chi connectivity index (χ1n) is 11.3. The minimum absolute atomic E-state index is 0.0651. The lowest BCUT2D eigenvalue weighted by molar-refractivity contribution is -0.140. The van der Waals surface area contributed by atoms with Crippen molar-refractivity contribution in [2.75, 3.05) is 11.9 Å². The van der Waals surface area contributed by atoms with E-state index in [1.165, 1.54) is 4.40 Å². The highest BCUT2D eigenvalue weighted by molar-refractivity contribution is 5.95. The smallest absolute Gasteiger partial charge is 0.358 e. The Kier molecular flexibility index (Phi) is 5.33. The Labute approximate surface area is 189 Å². The fraction of sp³-hybridized carbons (Fsp3) is 0.522. The number of carbonyl (C=O) groups excluding carboxylic acids is 1. The SMILES string of the molecule is CN(c1cccc2nc(C(F)(F)F)cn12)C1CCC(NC(=O)c2cn(C)nc2C2CC2)CC1. The second-order valence-electron chi connectivity index (χ2n) is 9.20. The second-order valence-corrected chi connectivity index (χ2v) is 9.20. The van der Waals surface area contributed by atoms with Gasteiger partial charge in [-0.3, -0.25) is 13.9 Å². The van der Waals surface area contributed by atoms with E-state index in [1.807, 2.05) is 25.1 Å². The molecule has 0 saturated heterocycles. The summed E-state index contributed by atoms with van der Waals surface area (Å²) in [7, 11) is 3.74. The normalized spacial score (nSPS) is 21.4. The lowest BCUT2D eigenvalue weighted by Crippen LogP contribution is -2.43. The van der Waals surface area contributed by atoms with Crippen LogP contribution in [0, 0.1) is 0 Å². The molecule has 2 saturated carbocycles. The Morgan fingerprint density at radius 1 is 1.12 bits per heavy atom. The van der Waals surface area contributed by atoms with Crippen molar-refractivity contribution in [3.63, 3.8) is 0 Å². The Bertz CT molecular complexity index is 1170. The third kappa shape index (κ3) is 4.30. The predicted octanol–water partition coefficient (Wildman–Crippen LogP) is 4.14. The minimum Gasteiger partial charge on any atom is -0.358 e. The van der Waals surface area contributed by atoms with Crippen molar-refractivity contribution >= 4 is 17.4 Å². The Balaban J connectivity index is 1.24. The number of nitrogens with one attached hydrogen (secondary N) is 1. The molecule has 33 heavy (non-hydrogen) atoms. The zero-order valence-electron chi connectivity index (χ0n) is 18.6. The van der Waals surface area contributed by atoms with Crippen LogP contribution in [0.1, 0.15) is 66.2 Å². The van der Waals surface area contributed by atoms with Crippen LogP contribution < -0.4 is 10.2 Å². The number of halogens is 3. The number of anilines is 1. The number of amides is 1. The molecule has 3 heterocycles. The highest BCUT2D eigenvalue weighted by atomic mass is 19.4. The summed E-state index contributed by atoms with van der Waals surface area (Å²) in [6.45, 7) is 0. The molecule has 2 aliphatic carbocycles. The van der Waals surface area contributed by atoms with Crippen LogP contribution in [-0.2, 0) is 13.2 Å². The van der Waals surface area contributed by atoms with Crippen molar-refractivity contribution in [1.29, 1.82) is 0 Å². The third-order valence-corrected chi connectivity index (χ3v) is 6.77. The van der Waals surface area contributed by atoms with E-state index in [0.717, 1.165) is 50.4 Å². The van der Waals surface area contributed by atoms with E-state index in [9.17, 15) is 18.0 Å². The molecule has 0 spiro atoms. The molecule has 0 aliphatic heterocycles. The maximum Gasteiger partial charge on any atom is 0.434 e. The summed E-state index contributed by atoms with van der Waals surface area (Å²) in [4.78, 5) is 18.6. The van der Waals surface area contributed by atoms with E-state index in [2.05, 4.69) is 15.4 Å². The number of hydrogen-bond acceptors (Lipinski definition) is 4. The number of nitrogens with zero attached hydrogens (tertiary/aromatic N) is 5. The molecule has 1 amide bonds. The van der Waals surface area contributed by atoms with Gasteiger partial charge in [0.15, 0.2) is 5.69 Å². The number of pyridine rings is 1. The quantitative estimate of drug-likeness (QED) is 0.622. The molecule has 3 aromatic heterocycles. The van der Waals surface area contributed by atoms with Gasteiger partial charge < -0.3 is 10.2 Å². The summed E-state index contributed by atoms with van der Waals surface area (Å²) >= 11 is 0. The predicted molar refractivity (Wildman–Crippen MR) is 117 cm³/mol. The van der Waals surface area contributed by atoms with Crippen LogP contribution in [0.5, 0.6) is 0 Å². The summed E-state index contributed by atoms with van der Waals surface area (Å²) < 4.78 is 42.6. The molecule has 0 bridgehead atoms. The Morgan fingerprint density at radius 3 is 2.52 bits per heavy atom. The number of aryl methyl sites for hydroxylation is 1. The molecule has 0 atom stereocenters. The van der Waals surface area contributed by atoms with E-state index < -0.39 is 11.9 Å². The van der Waals surface area contributed by atoms with Crippen molar-refractivity contribution in [2.45, 2.75) is 62.7 Å². The first kappa shape index (κ1) is 21.8. The van der Waals surface area contributed by atoms with Gasteiger partial charge in [-0.15, -0.1) is 0 Å². The number of aromatic nitrogens is 4. The molecule has 7 nitrogen and oxygen atoms in total. The number of imidazole rings is 1. The van der Waals surface area contributed by atoms with Gasteiger partial charge in [0.2, 0.25) is 0 Å². The number of alkyl halides is 3.